The van der Waals surface area contributed by atoms with Gasteiger partial charge in [-0.1, -0.05) is 48.5 Å². The van der Waals surface area contributed by atoms with E-state index in [4.69, 9.17) is 4.74 Å². The molecule has 0 fully saturated rings. The van der Waals surface area contributed by atoms with Gasteiger partial charge in [0.25, 0.3) is 5.56 Å². The van der Waals surface area contributed by atoms with E-state index in [1.807, 2.05) is 48.5 Å². The zero-order chi connectivity index (χ0) is 20.7. The van der Waals surface area contributed by atoms with Crippen molar-refractivity contribution in [2.45, 2.75) is 12.6 Å². The number of hydrogen-bond acceptors (Lipinski definition) is 4. The SMILES string of the molecule is O=C(Cn1c(=O)[nH]c2ccccc2c1=O)NC1c2ccccc2Oc2ccccc21. The quantitative estimate of drug-likeness (QED) is 0.554. The van der Waals surface area contributed by atoms with E-state index >= 15 is 0 Å². The molecule has 5 rings (SSSR count). The number of rotatable bonds is 3. The predicted molar refractivity (Wildman–Crippen MR) is 112 cm³/mol. The van der Waals surface area contributed by atoms with Gasteiger partial charge >= 0.3 is 5.69 Å². The minimum absolute atomic E-state index is 0.353. The van der Waals surface area contributed by atoms with Crippen molar-refractivity contribution in [2.24, 2.45) is 0 Å². The van der Waals surface area contributed by atoms with Crippen molar-refractivity contribution >= 4 is 16.8 Å². The first kappa shape index (κ1) is 17.9. The summed E-state index contributed by atoms with van der Waals surface area (Å²) < 4.78 is 6.84. The summed E-state index contributed by atoms with van der Waals surface area (Å²) in [5.74, 6) is 0.860. The minimum atomic E-state index is -0.623. The van der Waals surface area contributed by atoms with Gasteiger partial charge in [-0.15, -0.1) is 0 Å². The molecule has 2 heterocycles. The average Bonchev–Trinajstić information content (AvgIpc) is 2.76. The van der Waals surface area contributed by atoms with Crippen LogP contribution in [0, 0.1) is 0 Å². The fourth-order valence-electron chi connectivity index (χ4n) is 3.76. The van der Waals surface area contributed by atoms with Crippen LogP contribution in [0.1, 0.15) is 17.2 Å². The second kappa shape index (κ2) is 7.04. The molecule has 7 heteroatoms. The van der Waals surface area contributed by atoms with Crippen molar-refractivity contribution < 1.29 is 9.53 Å². The van der Waals surface area contributed by atoms with Gasteiger partial charge in [-0.25, -0.2) is 4.79 Å². The Balaban J connectivity index is 1.50. The molecule has 1 aliphatic rings. The van der Waals surface area contributed by atoms with Gasteiger partial charge in [0.1, 0.15) is 18.0 Å². The predicted octanol–water partition coefficient (Wildman–Crippen LogP) is 2.70. The summed E-state index contributed by atoms with van der Waals surface area (Å²) in [7, 11) is 0. The summed E-state index contributed by atoms with van der Waals surface area (Å²) in [6.45, 7) is -0.388. The normalized spacial score (nSPS) is 12.7. The van der Waals surface area contributed by atoms with Crippen molar-refractivity contribution in [1.29, 1.82) is 0 Å². The topological polar surface area (TPSA) is 93.2 Å². The maximum Gasteiger partial charge on any atom is 0.329 e. The van der Waals surface area contributed by atoms with Gasteiger partial charge in [0.15, 0.2) is 0 Å². The molecule has 3 aromatic carbocycles. The Morgan fingerprint density at radius 2 is 1.50 bits per heavy atom. The number of nitrogens with one attached hydrogen (secondary N) is 2. The van der Waals surface area contributed by atoms with E-state index in [0.717, 1.165) is 15.7 Å². The molecule has 4 aromatic rings. The van der Waals surface area contributed by atoms with Gasteiger partial charge in [0, 0.05) is 11.1 Å². The van der Waals surface area contributed by atoms with Gasteiger partial charge in [0.2, 0.25) is 5.91 Å². The van der Waals surface area contributed by atoms with E-state index < -0.39 is 23.2 Å². The number of para-hydroxylation sites is 3. The Bertz CT molecular complexity index is 1360. The maximum absolute atomic E-state index is 12.9. The van der Waals surface area contributed by atoms with Crippen molar-refractivity contribution in [3.05, 3.63) is 105 Å². The highest BCUT2D eigenvalue weighted by Gasteiger charge is 2.28. The maximum atomic E-state index is 12.9. The average molecular weight is 399 g/mol. The third-order valence-electron chi connectivity index (χ3n) is 5.18. The highest BCUT2D eigenvalue weighted by atomic mass is 16.5. The van der Waals surface area contributed by atoms with E-state index in [2.05, 4.69) is 10.3 Å². The summed E-state index contributed by atoms with van der Waals surface area (Å²) in [6.07, 6.45) is 0. The lowest BCUT2D eigenvalue weighted by Gasteiger charge is -2.28. The van der Waals surface area contributed by atoms with Crippen LogP contribution in [0.15, 0.2) is 82.4 Å². The Labute approximate surface area is 170 Å². The monoisotopic (exact) mass is 399 g/mol. The molecule has 0 saturated carbocycles. The van der Waals surface area contributed by atoms with Crippen LogP contribution in [0.5, 0.6) is 11.5 Å². The molecule has 0 saturated heterocycles. The van der Waals surface area contributed by atoms with Crippen molar-refractivity contribution in [3.8, 4) is 11.5 Å². The number of carbonyl (C=O) groups is 1. The lowest BCUT2D eigenvalue weighted by molar-refractivity contribution is -0.122. The zero-order valence-corrected chi connectivity index (χ0v) is 15.8. The number of aromatic nitrogens is 2. The molecule has 1 amide bonds. The van der Waals surface area contributed by atoms with Crippen LogP contribution in [0.2, 0.25) is 0 Å². The van der Waals surface area contributed by atoms with Gasteiger partial charge in [0.05, 0.1) is 16.9 Å². The first-order chi connectivity index (χ1) is 14.6. The second-order valence-corrected chi connectivity index (χ2v) is 7.05. The smallest absolute Gasteiger partial charge is 0.329 e. The van der Waals surface area contributed by atoms with Crippen LogP contribution in [0.4, 0.5) is 0 Å². The van der Waals surface area contributed by atoms with Crippen molar-refractivity contribution in [3.63, 3.8) is 0 Å². The van der Waals surface area contributed by atoms with E-state index in [1.54, 1.807) is 24.3 Å². The zero-order valence-electron chi connectivity index (χ0n) is 15.8. The summed E-state index contributed by atoms with van der Waals surface area (Å²) >= 11 is 0. The standard InChI is InChI=1S/C23H17N3O4/c27-20(13-26-22(28)14-7-1-4-10-17(14)24-23(26)29)25-21-15-8-2-5-11-18(15)30-19-12-6-3-9-16(19)21/h1-12,21H,13H2,(H,24,29)(H,25,27). The first-order valence-electron chi connectivity index (χ1n) is 9.49. The summed E-state index contributed by atoms with van der Waals surface area (Å²) in [6, 6.07) is 21.2. The minimum Gasteiger partial charge on any atom is -0.457 e. The van der Waals surface area contributed by atoms with E-state index in [9.17, 15) is 14.4 Å². The number of aromatic amines is 1. The molecule has 0 aliphatic carbocycles. The van der Waals surface area contributed by atoms with Crippen molar-refractivity contribution in [2.75, 3.05) is 0 Å². The van der Waals surface area contributed by atoms with Crippen molar-refractivity contribution in [1.82, 2.24) is 14.9 Å². The summed E-state index contributed by atoms with van der Waals surface area (Å²) in [5.41, 5.74) is 0.934. The molecule has 148 valence electrons. The molecule has 2 N–H and O–H groups in total. The third kappa shape index (κ3) is 2.97. The molecule has 0 radical (unpaired) electrons. The molecule has 1 aromatic heterocycles. The lowest BCUT2D eigenvalue weighted by atomic mass is 9.94. The van der Waals surface area contributed by atoms with Gasteiger partial charge in [-0.05, 0) is 24.3 Å². The number of amides is 1. The van der Waals surface area contributed by atoms with E-state index in [1.165, 1.54) is 0 Å². The molecule has 0 unspecified atom stereocenters. The van der Waals surface area contributed by atoms with E-state index in [0.29, 0.717) is 22.4 Å². The number of H-pyrrole nitrogens is 1. The van der Waals surface area contributed by atoms with Crippen LogP contribution < -0.4 is 21.3 Å². The number of carbonyl (C=O) groups excluding carboxylic acids is 1. The highest BCUT2D eigenvalue weighted by Crippen LogP contribution is 2.42. The lowest BCUT2D eigenvalue weighted by Crippen LogP contribution is -2.42. The fraction of sp³-hybridized carbons (Fsp3) is 0.0870. The Hall–Kier alpha value is -4.13. The number of nitrogens with zero attached hydrogens (tertiary/aromatic N) is 1. The molecular weight excluding hydrogens is 382 g/mol. The number of ether oxygens (including phenoxy) is 1. The molecule has 1 aliphatic heterocycles. The van der Waals surface area contributed by atoms with Crippen LogP contribution in [0.25, 0.3) is 10.9 Å². The van der Waals surface area contributed by atoms with Gasteiger partial charge in [-0.3, -0.25) is 14.2 Å². The number of hydrogen-bond donors (Lipinski definition) is 2. The van der Waals surface area contributed by atoms with E-state index in [-0.39, 0.29) is 6.54 Å². The molecule has 7 nitrogen and oxygen atoms in total. The van der Waals surface area contributed by atoms with Gasteiger partial charge in [-0.2, -0.15) is 0 Å². The fourth-order valence-corrected chi connectivity index (χ4v) is 3.76. The third-order valence-corrected chi connectivity index (χ3v) is 5.18. The number of fused-ring (bicyclic) bond motifs is 3. The Morgan fingerprint density at radius 1 is 0.900 bits per heavy atom. The van der Waals surface area contributed by atoms with Crippen LogP contribution in [-0.4, -0.2) is 15.5 Å². The molecule has 0 atom stereocenters. The van der Waals surface area contributed by atoms with Gasteiger partial charge < -0.3 is 15.0 Å². The Kier molecular flexibility index (Phi) is 4.21. The molecule has 30 heavy (non-hydrogen) atoms. The molecular formula is C23H17N3O4. The Morgan fingerprint density at radius 3 is 2.20 bits per heavy atom. The summed E-state index contributed by atoms with van der Waals surface area (Å²) in [5, 5.41) is 3.30. The van der Waals surface area contributed by atoms with Crippen LogP contribution in [-0.2, 0) is 11.3 Å². The van der Waals surface area contributed by atoms with Crippen LogP contribution in [0.3, 0.4) is 0 Å². The van der Waals surface area contributed by atoms with Crippen LogP contribution >= 0.6 is 0 Å². The molecule has 0 spiro atoms. The summed E-state index contributed by atoms with van der Waals surface area (Å²) in [4.78, 5) is 40.6. The first-order valence-corrected chi connectivity index (χ1v) is 9.49. The second-order valence-electron chi connectivity index (χ2n) is 7.05. The molecule has 0 bridgehead atoms. The largest absolute Gasteiger partial charge is 0.457 e. The highest BCUT2D eigenvalue weighted by molar-refractivity contribution is 5.79. The number of benzene rings is 3.